The fourth-order valence-corrected chi connectivity index (χ4v) is 6.86. The van der Waals surface area contributed by atoms with Crippen LogP contribution in [0, 0.1) is 5.82 Å². The molecule has 2 aliphatic rings. The molecule has 2 aliphatic heterocycles. The third kappa shape index (κ3) is 7.57. The Balaban J connectivity index is 1.19. The van der Waals surface area contributed by atoms with Crippen molar-refractivity contribution >= 4 is 52.4 Å². The molecule has 4 N–H and O–H groups in total. The van der Waals surface area contributed by atoms with Gasteiger partial charge in [0, 0.05) is 41.4 Å². The summed E-state index contributed by atoms with van der Waals surface area (Å²) in [5.74, 6) is -2.25. The van der Waals surface area contributed by atoms with Crippen LogP contribution < -0.4 is 20.7 Å². The molecule has 14 heteroatoms. The quantitative estimate of drug-likeness (QED) is 0.137. The Hall–Kier alpha value is -4.49. The molecule has 49 heavy (non-hydrogen) atoms. The van der Waals surface area contributed by atoms with Gasteiger partial charge in [0.05, 0.1) is 40.8 Å². The van der Waals surface area contributed by atoms with Crippen molar-refractivity contribution in [2.45, 2.75) is 44.8 Å². The molecular weight excluding hydrogens is 674 g/mol. The second-order valence-electron chi connectivity index (χ2n) is 12.0. The van der Waals surface area contributed by atoms with Gasteiger partial charge in [0.25, 0.3) is 11.8 Å². The average Bonchev–Trinajstić information content (AvgIpc) is 3.77. The number of carboxylic acid groups (broad SMARTS) is 1. The molecule has 256 valence electrons. The van der Waals surface area contributed by atoms with Gasteiger partial charge in [0.15, 0.2) is 5.69 Å². The molecule has 11 nitrogen and oxygen atoms in total. The lowest BCUT2D eigenvalue weighted by atomic mass is 10.0. The van der Waals surface area contributed by atoms with Crippen molar-refractivity contribution in [1.29, 1.82) is 0 Å². The average molecular weight is 710 g/mol. The molecule has 1 unspecified atom stereocenters. The number of halogens is 3. The smallest absolute Gasteiger partial charge is 0.317 e. The minimum atomic E-state index is -0.967. The van der Waals surface area contributed by atoms with Crippen LogP contribution in [0.1, 0.15) is 63.8 Å². The Morgan fingerprint density at radius 3 is 2.22 bits per heavy atom. The first-order valence-electron chi connectivity index (χ1n) is 15.9. The first-order chi connectivity index (χ1) is 23.6. The van der Waals surface area contributed by atoms with Crippen molar-refractivity contribution in [3.63, 3.8) is 0 Å². The summed E-state index contributed by atoms with van der Waals surface area (Å²) in [5, 5.41) is 22.5. The minimum absolute atomic E-state index is 0.0775. The maximum atomic E-state index is 15.2. The third-order valence-electron chi connectivity index (χ3n) is 8.76. The summed E-state index contributed by atoms with van der Waals surface area (Å²) in [7, 11) is 1.45. The van der Waals surface area contributed by atoms with Crippen LogP contribution in [-0.2, 0) is 17.9 Å². The van der Waals surface area contributed by atoms with Crippen LogP contribution in [-0.4, -0.2) is 64.3 Å². The number of carbonyl (C=O) groups excluding carboxylic acids is 2. The van der Waals surface area contributed by atoms with Crippen LogP contribution in [0.15, 0.2) is 54.6 Å². The largest absolute Gasteiger partial charge is 0.496 e. The van der Waals surface area contributed by atoms with E-state index in [4.69, 9.17) is 33.0 Å². The molecule has 1 fully saturated rings. The lowest BCUT2D eigenvalue weighted by Gasteiger charge is -2.23. The number of ether oxygens (including phenoxy) is 1. The predicted octanol–water partition coefficient (Wildman–Crippen LogP) is 6.61. The number of amides is 2. The van der Waals surface area contributed by atoms with Crippen LogP contribution in [0.3, 0.4) is 0 Å². The second kappa shape index (κ2) is 15.0. The lowest BCUT2D eigenvalue weighted by molar-refractivity contribution is -0.136. The van der Waals surface area contributed by atoms with Crippen LogP contribution in [0.5, 0.6) is 5.75 Å². The first kappa shape index (κ1) is 34.4. The van der Waals surface area contributed by atoms with Crippen LogP contribution >= 0.6 is 23.2 Å². The standard InChI is InChI=1S/C35H35Cl2FN6O5/c1-49-30-16-20(15-24(38)23(30)19-43-12-2-3-13-43)34(47)40-26-9-4-7-21(32(26)36)22-8-5-10-27(33(22)37)41-35(48)28-17-29-25(39-18-31(45)46)11-6-14-44(29)42-28/h4-5,7-10,15-17,25,39H,2-3,6,11-14,18-19H2,1H3,(H,40,47)(H,41,48)(H,45,46). The zero-order valence-electron chi connectivity index (χ0n) is 26.7. The maximum absolute atomic E-state index is 15.2. The summed E-state index contributed by atoms with van der Waals surface area (Å²) >= 11 is 13.6. The summed E-state index contributed by atoms with van der Waals surface area (Å²) in [4.78, 5) is 39.8. The molecule has 0 radical (unpaired) electrons. The summed E-state index contributed by atoms with van der Waals surface area (Å²) < 4.78 is 22.4. The van der Waals surface area contributed by atoms with E-state index in [0.717, 1.165) is 44.5 Å². The third-order valence-corrected chi connectivity index (χ3v) is 9.58. The minimum Gasteiger partial charge on any atom is -0.496 e. The normalized spacial score (nSPS) is 15.9. The van der Waals surface area contributed by atoms with E-state index in [2.05, 4.69) is 25.9 Å². The molecule has 1 atom stereocenters. The van der Waals surface area contributed by atoms with Gasteiger partial charge < -0.3 is 20.5 Å². The molecule has 0 bridgehead atoms. The highest BCUT2D eigenvalue weighted by Crippen LogP contribution is 2.40. The molecule has 1 saturated heterocycles. The maximum Gasteiger partial charge on any atom is 0.317 e. The topological polar surface area (TPSA) is 138 Å². The summed E-state index contributed by atoms with van der Waals surface area (Å²) in [6.07, 6.45) is 3.65. The number of aliphatic carboxylic acids is 1. The summed E-state index contributed by atoms with van der Waals surface area (Å²) in [6.45, 7) is 2.60. The highest BCUT2D eigenvalue weighted by Gasteiger charge is 2.26. The van der Waals surface area contributed by atoms with Gasteiger partial charge in [-0.3, -0.25) is 29.3 Å². The van der Waals surface area contributed by atoms with Gasteiger partial charge in [-0.05, 0) is 69.1 Å². The number of aromatic nitrogens is 2. The van der Waals surface area contributed by atoms with Gasteiger partial charge in [-0.15, -0.1) is 0 Å². The Morgan fingerprint density at radius 1 is 0.939 bits per heavy atom. The van der Waals surface area contributed by atoms with Gasteiger partial charge in [-0.2, -0.15) is 5.10 Å². The van der Waals surface area contributed by atoms with Crippen LogP contribution in [0.2, 0.25) is 10.0 Å². The number of benzene rings is 3. The van der Waals surface area contributed by atoms with E-state index in [1.165, 1.54) is 19.2 Å². The van der Waals surface area contributed by atoms with Gasteiger partial charge in [0.2, 0.25) is 0 Å². The molecule has 0 saturated carbocycles. The number of anilines is 2. The Morgan fingerprint density at radius 2 is 1.59 bits per heavy atom. The highest BCUT2D eigenvalue weighted by molar-refractivity contribution is 6.40. The van der Waals surface area contributed by atoms with Crippen molar-refractivity contribution in [3.8, 4) is 16.9 Å². The molecule has 1 aromatic heterocycles. The van der Waals surface area contributed by atoms with Crippen molar-refractivity contribution in [1.82, 2.24) is 20.0 Å². The SMILES string of the molecule is COc1cc(C(=O)Nc2cccc(-c3cccc(NC(=O)c4cc5n(n4)CCCC5NCC(=O)O)c3Cl)c2Cl)cc(F)c1CN1CCCC1. The highest BCUT2D eigenvalue weighted by atomic mass is 35.5. The van der Waals surface area contributed by atoms with E-state index >= 15 is 4.39 Å². The molecule has 3 heterocycles. The Kier molecular flexibility index (Phi) is 10.5. The number of nitrogens with one attached hydrogen (secondary N) is 3. The molecular formula is C35H35Cl2FN6O5. The fraction of sp³-hybridized carbons (Fsp3) is 0.314. The molecule has 4 aromatic rings. The number of rotatable bonds is 11. The van der Waals surface area contributed by atoms with E-state index < -0.39 is 23.6 Å². The lowest BCUT2D eigenvalue weighted by Crippen LogP contribution is -2.31. The van der Waals surface area contributed by atoms with E-state index in [0.29, 0.717) is 41.2 Å². The molecule has 6 rings (SSSR count). The number of hydrogen-bond donors (Lipinski definition) is 4. The first-order valence-corrected chi connectivity index (χ1v) is 16.7. The summed E-state index contributed by atoms with van der Waals surface area (Å²) in [5.41, 5.74) is 2.99. The Bertz CT molecular complexity index is 1910. The number of carboxylic acids is 1. The van der Waals surface area contributed by atoms with E-state index in [9.17, 15) is 14.4 Å². The van der Waals surface area contributed by atoms with E-state index in [-0.39, 0.29) is 39.6 Å². The monoisotopic (exact) mass is 708 g/mol. The van der Waals surface area contributed by atoms with Gasteiger partial charge in [0.1, 0.15) is 11.6 Å². The fourth-order valence-electron chi connectivity index (χ4n) is 6.31. The number of fused-ring (bicyclic) bond motifs is 1. The van der Waals surface area contributed by atoms with Crippen molar-refractivity contribution < 1.29 is 28.6 Å². The van der Waals surface area contributed by atoms with Crippen LogP contribution in [0.25, 0.3) is 11.1 Å². The van der Waals surface area contributed by atoms with Gasteiger partial charge >= 0.3 is 5.97 Å². The zero-order valence-corrected chi connectivity index (χ0v) is 28.2. The Labute approximate surface area is 292 Å². The molecule has 2 amide bonds. The molecule has 0 aliphatic carbocycles. The van der Waals surface area contributed by atoms with E-state index in [1.807, 2.05) is 0 Å². The van der Waals surface area contributed by atoms with Gasteiger partial charge in [-0.1, -0.05) is 47.5 Å². The predicted molar refractivity (Wildman–Crippen MR) is 185 cm³/mol. The number of nitrogens with zero attached hydrogens (tertiary/aromatic N) is 3. The number of carbonyl (C=O) groups is 3. The molecule has 3 aromatic carbocycles. The van der Waals surface area contributed by atoms with Crippen LogP contribution in [0.4, 0.5) is 15.8 Å². The summed E-state index contributed by atoms with van der Waals surface area (Å²) in [6, 6.07) is 14.3. The van der Waals surface area contributed by atoms with Gasteiger partial charge in [-0.25, -0.2) is 4.39 Å². The van der Waals surface area contributed by atoms with Crippen molar-refractivity contribution in [2.75, 3.05) is 37.4 Å². The zero-order chi connectivity index (χ0) is 34.7. The van der Waals surface area contributed by atoms with E-state index in [1.54, 1.807) is 47.1 Å². The van der Waals surface area contributed by atoms with Crippen molar-refractivity contribution in [3.05, 3.63) is 93.0 Å². The van der Waals surface area contributed by atoms with Crippen molar-refractivity contribution in [2.24, 2.45) is 0 Å². The number of methoxy groups -OCH3 is 1. The number of aryl methyl sites for hydroxylation is 1. The number of likely N-dealkylation sites (tertiary alicyclic amines) is 1. The second-order valence-corrected chi connectivity index (χ2v) is 12.8. The number of hydrogen-bond acceptors (Lipinski definition) is 7. The molecule has 0 spiro atoms.